The first-order valence-corrected chi connectivity index (χ1v) is 4.39. The Kier molecular flexibility index (Phi) is 2.90. The highest BCUT2D eigenvalue weighted by Crippen LogP contribution is 2.16. The van der Waals surface area contributed by atoms with E-state index in [4.69, 9.17) is 5.26 Å². The SMILES string of the molecule is CC(C)C(C#N)N1CCCC1. The zero-order chi connectivity index (χ0) is 8.27. The van der Waals surface area contributed by atoms with Crippen LogP contribution in [0.4, 0.5) is 0 Å². The van der Waals surface area contributed by atoms with Crippen LogP contribution in [0.25, 0.3) is 0 Å². The smallest absolute Gasteiger partial charge is 0.100 e. The normalized spacial score (nSPS) is 22.0. The van der Waals surface area contributed by atoms with Crippen LogP contribution in [0, 0.1) is 17.2 Å². The third kappa shape index (κ3) is 1.94. The van der Waals surface area contributed by atoms with Crippen molar-refractivity contribution in [1.82, 2.24) is 4.90 Å². The lowest BCUT2D eigenvalue weighted by Gasteiger charge is -2.23. The lowest BCUT2D eigenvalue weighted by atomic mass is 10.1. The van der Waals surface area contributed by atoms with Gasteiger partial charge in [-0.25, -0.2) is 0 Å². The zero-order valence-electron chi connectivity index (χ0n) is 7.38. The fraction of sp³-hybridized carbons (Fsp3) is 0.889. The molecule has 2 nitrogen and oxygen atoms in total. The molecule has 0 radical (unpaired) electrons. The van der Waals surface area contributed by atoms with Crippen LogP contribution >= 0.6 is 0 Å². The van der Waals surface area contributed by atoms with Crippen molar-refractivity contribution in [2.75, 3.05) is 13.1 Å². The van der Waals surface area contributed by atoms with Gasteiger partial charge in [0.25, 0.3) is 0 Å². The maximum atomic E-state index is 8.87. The molecule has 11 heavy (non-hydrogen) atoms. The van der Waals surface area contributed by atoms with E-state index >= 15 is 0 Å². The molecule has 1 rings (SSSR count). The molecule has 0 saturated carbocycles. The monoisotopic (exact) mass is 152 g/mol. The topological polar surface area (TPSA) is 27.0 Å². The van der Waals surface area contributed by atoms with Gasteiger partial charge >= 0.3 is 0 Å². The highest BCUT2D eigenvalue weighted by molar-refractivity contribution is 4.95. The molecule has 1 unspecified atom stereocenters. The number of hydrogen-bond donors (Lipinski definition) is 0. The van der Waals surface area contributed by atoms with Crippen LogP contribution in [-0.2, 0) is 0 Å². The van der Waals surface area contributed by atoms with E-state index in [1.54, 1.807) is 0 Å². The predicted molar refractivity (Wildman–Crippen MR) is 45.0 cm³/mol. The van der Waals surface area contributed by atoms with Crippen LogP contribution in [0.1, 0.15) is 26.7 Å². The fourth-order valence-electron chi connectivity index (χ4n) is 1.67. The molecule has 0 aromatic heterocycles. The highest BCUT2D eigenvalue weighted by Gasteiger charge is 2.23. The molecule has 2 heteroatoms. The molecule has 62 valence electrons. The summed E-state index contributed by atoms with van der Waals surface area (Å²) in [5.74, 6) is 0.470. The van der Waals surface area contributed by atoms with Gasteiger partial charge in [-0.1, -0.05) is 13.8 Å². The molecule has 1 heterocycles. The Morgan fingerprint density at radius 2 is 1.82 bits per heavy atom. The van der Waals surface area contributed by atoms with Gasteiger partial charge in [0, 0.05) is 0 Å². The van der Waals surface area contributed by atoms with Crippen molar-refractivity contribution in [1.29, 1.82) is 5.26 Å². The summed E-state index contributed by atoms with van der Waals surface area (Å²) in [5, 5.41) is 8.87. The van der Waals surface area contributed by atoms with E-state index in [1.807, 2.05) is 0 Å². The first kappa shape index (κ1) is 8.55. The molecule has 1 aliphatic heterocycles. The molecule has 0 bridgehead atoms. The van der Waals surface area contributed by atoms with Gasteiger partial charge in [0.05, 0.1) is 6.07 Å². The molecule has 0 aromatic rings. The largest absolute Gasteiger partial charge is 0.288 e. The third-order valence-electron chi connectivity index (χ3n) is 2.30. The van der Waals surface area contributed by atoms with Crippen LogP contribution in [-0.4, -0.2) is 24.0 Å². The summed E-state index contributed by atoms with van der Waals surface area (Å²) in [5.41, 5.74) is 0. The van der Waals surface area contributed by atoms with Gasteiger partial charge in [0.2, 0.25) is 0 Å². The summed E-state index contributed by atoms with van der Waals surface area (Å²) in [4.78, 5) is 2.30. The number of rotatable bonds is 2. The lowest BCUT2D eigenvalue weighted by molar-refractivity contribution is 0.239. The van der Waals surface area contributed by atoms with Crippen molar-refractivity contribution in [3.05, 3.63) is 0 Å². The van der Waals surface area contributed by atoms with E-state index < -0.39 is 0 Å². The number of nitrogens with zero attached hydrogens (tertiary/aromatic N) is 2. The van der Waals surface area contributed by atoms with Crippen LogP contribution in [0.3, 0.4) is 0 Å². The van der Waals surface area contributed by atoms with E-state index in [0.717, 1.165) is 13.1 Å². The van der Waals surface area contributed by atoms with Gasteiger partial charge in [-0.2, -0.15) is 5.26 Å². The number of nitriles is 1. The standard InChI is InChI=1S/C9H16N2/c1-8(2)9(7-10)11-5-3-4-6-11/h8-9H,3-6H2,1-2H3. The van der Waals surface area contributed by atoms with Gasteiger partial charge in [0.15, 0.2) is 0 Å². The van der Waals surface area contributed by atoms with Crippen LogP contribution in [0.15, 0.2) is 0 Å². The molecule has 1 aliphatic rings. The lowest BCUT2D eigenvalue weighted by Crippen LogP contribution is -2.35. The fourth-order valence-corrected chi connectivity index (χ4v) is 1.67. The Balaban J connectivity index is 2.48. The molecule has 0 aliphatic carbocycles. The van der Waals surface area contributed by atoms with Crippen LogP contribution in [0.2, 0.25) is 0 Å². The Hall–Kier alpha value is -0.550. The second-order valence-electron chi connectivity index (χ2n) is 3.56. The molecule has 1 atom stereocenters. The summed E-state index contributed by atoms with van der Waals surface area (Å²) in [6.07, 6.45) is 2.54. The minimum Gasteiger partial charge on any atom is -0.288 e. The maximum Gasteiger partial charge on any atom is 0.100 e. The van der Waals surface area contributed by atoms with Crippen molar-refractivity contribution in [2.24, 2.45) is 5.92 Å². The van der Waals surface area contributed by atoms with Crippen molar-refractivity contribution in [3.63, 3.8) is 0 Å². The summed E-state index contributed by atoms with van der Waals surface area (Å²) in [7, 11) is 0. The average molecular weight is 152 g/mol. The van der Waals surface area contributed by atoms with Crippen LogP contribution in [0.5, 0.6) is 0 Å². The van der Waals surface area contributed by atoms with E-state index in [-0.39, 0.29) is 6.04 Å². The first-order valence-electron chi connectivity index (χ1n) is 4.39. The zero-order valence-corrected chi connectivity index (χ0v) is 7.38. The van der Waals surface area contributed by atoms with Gasteiger partial charge in [0.1, 0.15) is 6.04 Å². The summed E-state index contributed by atoms with van der Waals surface area (Å²) < 4.78 is 0. The molecule has 0 N–H and O–H groups in total. The molecule has 0 amide bonds. The van der Waals surface area contributed by atoms with Gasteiger partial charge in [-0.15, -0.1) is 0 Å². The first-order chi connectivity index (χ1) is 5.25. The average Bonchev–Trinajstić information content (AvgIpc) is 2.40. The van der Waals surface area contributed by atoms with Crippen molar-refractivity contribution in [2.45, 2.75) is 32.7 Å². The van der Waals surface area contributed by atoms with Gasteiger partial charge < -0.3 is 0 Å². The minimum atomic E-state index is 0.150. The second kappa shape index (κ2) is 3.73. The predicted octanol–water partition coefficient (Wildman–Crippen LogP) is 1.63. The van der Waals surface area contributed by atoms with E-state index in [2.05, 4.69) is 24.8 Å². The van der Waals surface area contributed by atoms with Crippen molar-refractivity contribution in [3.8, 4) is 6.07 Å². The Morgan fingerprint density at radius 1 is 1.27 bits per heavy atom. The molecule has 1 saturated heterocycles. The summed E-state index contributed by atoms with van der Waals surface area (Å²) in [6.45, 7) is 6.48. The van der Waals surface area contributed by atoms with E-state index in [9.17, 15) is 0 Å². The molecule has 0 aromatic carbocycles. The molecule has 0 spiro atoms. The molecular formula is C9H16N2. The van der Waals surface area contributed by atoms with Crippen LogP contribution < -0.4 is 0 Å². The Morgan fingerprint density at radius 3 is 2.18 bits per heavy atom. The van der Waals surface area contributed by atoms with Gasteiger partial charge in [-0.05, 0) is 31.8 Å². The Bertz CT molecular complexity index is 151. The quantitative estimate of drug-likeness (QED) is 0.601. The van der Waals surface area contributed by atoms with Gasteiger partial charge in [-0.3, -0.25) is 4.90 Å². The van der Waals surface area contributed by atoms with Crippen molar-refractivity contribution >= 4 is 0 Å². The summed E-state index contributed by atoms with van der Waals surface area (Å²) >= 11 is 0. The summed E-state index contributed by atoms with van der Waals surface area (Å²) in [6, 6.07) is 2.52. The maximum absolute atomic E-state index is 8.87. The van der Waals surface area contributed by atoms with E-state index in [0.29, 0.717) is 5.92 Å². The van der Waals surface area contributed by atoms with Crippen molar-refractivity contribution < 1.29 is 0 Å². The molecule has 1 fully saturated rings. The number of likely N-dealkylation sites (tertiary alicyclic amines) is 1. The third-order valence-corrected chi connectivity index (χ3v) is 2.30. The Labute approximate surface area is 68.8 Å². The highest BCUT2D eigenvalue weighted by atomic mass is 15.2. The molecular weight excluding hydrogens is 136 g/mol. The number of hydrogen-bond acceptors (Lipinski definition) is 2. The second-order valence-corrected chi connectivity index (χ2v) is 3.56. The van der Waals surface area contributed by atoms with E-state index in [1.165, 1.54) is 12.8 Å². The minimum absolute atomic E-state index is 0.150.